The van der Waals surface area contributed by atoms with E-state index in [1.165, 1.54) is 24.8 Å². The number of hydrogen-bond donors (Lipinski definition) is 3. The van der Waals surface area contributed by atoms with Gasteiger partial charge in [0.15, 0.2) is 17.3 Å². The second-order valence-electron chi connectivity index (χ2n) is 9.54. The fourth-order valence-corrected chi connectivity index (χ4v) is 5.13. The van der Waals surface area contributed by atoms with Crippen molar-refractivity contribution < 1.29 is 19.7 Å². The number of nitrogens with zero attached hydrogens (tertiary/aromatic N) is 1. The Balaban J connectivity index is 1.30. The van der Waals surface area contributed by atoms with Gasteiger partial charge in [0, 0.05) is 24.6 Å². The lowest BCUT2D eigenvalue weighted by atomic mass is 9.86. The molecule has 6 heteroatoms. The molecule has 192 valence electrons. The molecule has 6 nitrogen and oxygen atoms in total. The average molecular weight is 483 g/mol. The first-order valence-corrected chi connectivity index (χ1v) is 13.2. The van der Waals surface area contributed by atoms with Crippen LogP contribution in [0.15, 0.2) is 36.4 Å². The number of hydrogen-bond acceptors (Lipinski definition) is 6. The third-order valence-corrected chi connectivity index (χ3v) is 7.05. The number of carbonyl (C=O) groups is 1. The number of phenolic OH excluding ortho intramolecular Hbond substituents is 2. The molecule has 35 heavy (non-hydrogen) atoms. The normalized spacial score (nSPS) is 15.2. The average Bonchev–Trinajstić information content (AvgIpc) is 2.88. The molecule has 0 amide bonds. The fourth-order valence-electron chi connectivity index (χ4n) is 5.13. The molecule has 1 atom stereocenters. The van der Waals surface area contributed by atoms with E-state index in [0.717, 1.165) is 57.3 Å². The number of benzene rings is 2. The van der Waals surface area contributed by atoms with Crippen LogP contribution in [0.3, 0.4) is 0 Å². The topological polar surface area (TPSA) is 82.0 Å². The Kier molecular flexibility index (Phi) is 10.9. The van der Waals surface area contributed by atoms with Gasteiger partial charge in [0.25, 0.3) is 0 Å². The lowest BCUT2D eigenvalue weighted by Crippen LogP contribution is -2.40. The first-order valence-electron chi connectivity index (χ1n) is 13.2. The van der Waals surface area contributed by atoms with Gasteiger partial charge in [0.1, 0.15) is 5.75 Å². The van der Waals surface area contributed by atoms with E-state index in [9.17, 15) is 15.0 Å². The molecule has 0 radical (unpaired) electrons. The molecule has 0 spiro atoms. The molecule has 0 unspecified atom stereocenters. The number of phenols is 2. The number of ether oxygens (including phenoxy) is 1. The molecule has 2 aromatic rings. The monoisotopic (exact) mass is 482 g/mol. The van der Waals surface area contributed by atoms with E-state index in [-0.39, 0.29) is 17.3 Å². The molecule has 0 aromatic heterocycles. The number of aromatic hydroxyl groups is 2. The van der Waals surface area contributed by atoms with Crippen LogP contribution in [0.25, 0.3) is 0 Å². The first kappa shape index (κ1) is 27.0. The van der Waals surface area contributed by atoms with Gasteiger partial charge in [-0.05, 0) is 81.9 Å². The summed E-state index contributed by atoms with van der Waals surface area (Å²) in [5, 5.41) is 23.3. The van der Waals surface area contributed by atoms with Gasteiger partial charge in [-0.3, -0.25) is 4.79 Å². The Hall–Kier alpha value is -2.57. The second-order valence-corrected chi connectivity index (χ2v) is 9.54. The molecule has 1 aliphatic carbocycles. The highest BCUT2D eigenvalue weighted by Crippen LogP contribution is 2.36. The molecule has 0 aliphatic heterocycles. The summed E-state index contributed by atoms with van der Waals surface area (Å²) in [4.78, 5) is 15.0. The van der Waals surface area contributed by atoms with Gasteiger partial charge in [-0.2, -0.15) is 0 Å². The predicted molar refractivity (Wildman–Crippen MR) is 141 cm³/mol. The summed E-state index contributed by atoms with van der Waals surface area (Å²) < 4.78 is 5.28. The molecule has 1 aliphatic rings. The smallest absolute Gasteiger partial charge is 0.167 e. The number of carbonyl (C=O) groups excluding carboxylic acids is 1. The van der Waals surface area contributed by atoms with Crippen molar-refractivity contribution in [2.24, 2.45) is 0 Å². The van der Waals surface area contributed by atoms with E-state index in [4.69, 9.17) is 4.74 Å². The number of Topliss-reactive ketones (excluding diaryl/α,β-unsaturated/α-hetero) is 1. The summed E-state index contributed by atoms with van der Waals surface area (Å²) >= 11 is 0. The maximum absolute atomic E-state index is 12.4. The number of nitrogens with one attached hydrogen (secondary N) is 1. The molecule has 0 saturated carbocycles. The van der Waals surface area contributed by atoms with Crippen molar-refractivity contribution >= 4 is 5.78 Å². The first-order chi connectivity index (χ1) is 17.0. The summed E-state index contributed by atoms with van der Waals surface area (Å²) in [5.74, 6) is 0.818. The highest BCUT2D eigenvalue weighted by molar-refractivity contribution is 5.98. The minimum atomic E-state index is -0.00914. The predicted octanol–water partition coefficient (Wildman–Crippen LogP) is 5.10. The summed E-state index contributed by atoms with van der Waals surface area (Å²) in [6, 6.07) is 11.5. The lowest BCUT2D eigenvalue weighted by Gasteiger charge is -2.35. The van der Waals surface area contributed by atoms with Crippen molar-refractivity contribution in [1.82, 2.24) is 10.2 Å². The van der Waals surface area contributed by atoms with E-state index >= 15 is 0 Å². The number of fused-ring (bicyclic) bond motifs is 1. The second kappa shape index (κ2) is 14.1. The van der Waals surface area contributed by atoms with E-state index in [2.05, 4.69) is 17.1 Å². The zero-order valence-electron chi connectivity index (χ0n) is 21.4. The van der Waals surface area contributed by atoms with Crippen molar-refractivity contribution in [3.8, 4) is 17.2 Å². The van der Waals surface area contributed by atoms with Crippen LogP contribution in [-0.2, 0) is 12.8 Å². The van der Waals surface area contributed by atoms with Crippen molar-refractivity contribution in [3.63, 3.8) is 0 Å². The van der Waals surface area contributed by atoms with Crippen LogP contribution in [0.4, 0.5) is 0 Å². The maximum atomic E-state index is 12.4. The van der Waals surface area contributed by atoms with Crippen LogP contribution in [0, 0.1) is 0 Å². The largest absolute Gasteiger partial charge is 0.504 e. The van der Waals surface area contributed by atoms with E-state index < -0.39 is 0 Å². The highest BCUT2D eigenvalue weighted by atomic mass is 16.5. The number of ketones is 1. The Labute approximate surface area is 210 Å². The number of para-hydroxylation sites is 1. The zero-order valence-corrected chi connectivity index (χ0v) is 21.4. The Morgan fingerprint density at radius 1 is 1.06 bits per heavy atom. The van der Waals surface area contributed by atoms with Crippen molar-refractivity contribution in [2.45, 2.75) is 70.8 Å². The quantitative estimate of drug-likeness (QED) is 0.186. The van der Waals surface area contributed by atoms with Crippen molar-refractivity contribution in [1.29, 1.82) is 0 Å². The lowest BCUT2D eigenvalue weighted by molar-refractivity contribution is 0.0979. The molecule has 3 N–H and O–H groups in total. The standard InChI is InChI=1S/C29H42N2O4/c1-3-19-31(23-13-14-24-22(21-23)12-15-27(33)29(24)34)20-9-5-4-8-17-30-18-16-26(32)25-10-6-7-11-28(25)35-2/h6-7,10-12,15,23,30,33-34H,3-5,8-9,13-14,16-21H2,1-2H3/t23-/m0/s1. The summed E-state index contributed by atoms with van der Waals surface area (Å²) in [6.45, 7) is 6.08. The van der Waals surface area contributed by atoms with Crippen LogP contribution in [-0.4, -0.2) is 60.2 Å². The summed E-state index contributed by atoms with van der Waals surface area (Å²) in [5.41, 5.74) is 2.76. The molecule has 3 rings (SSSR count). The molecule has 0 heterocycles. The van der Waals surface area contributed by atoms with Gasteiger partial charge >= 0.3 is 0 Å². The van der Waals surface area contributed by atoms with E-state index in [1.807, 2.05) is 30.3 Å². The van der Waals surface area contributed by atoms with Gasteiger partial charge in [-0.15, -0.1) is 0 Å². The van der Waals surface area contributed by atoms with Gasteiger partial charge in [-0.25, -0.2) is 0 Å². The zero-order chi connectivity index (χ0) is 25.0. The number of unbranched alkanes of at least 4 members (excludes halogenated alkanes) is 3. The minimum Gasteiger partial charge on any atom is -0.504 e. The molecule has 2 aromatic carbocycles. The Bertz CT molecular complexity index is 946. The van der Waals surface area contributed by atoms with E-state index in [1.54, 1.807) is 13.2 Å². The molecule has 0 fully saturated rings. The minimum absolute atomic E-state index is 0.00914. The van der Waals surface area contributed by atoms with Crippen molar-refractivity contribution in [3.05, 3.63) is 53.1 Å². The maximum Gasteiger partial charge on any atom is 0.167 e. The van der Waals surface area contributed by atoms with Gasteiger partial charge in [0.05, 0.1) is 12.7 Å². The molecule has 0 bridgehead atoms. The van der Waals surface area contributed by atoms with Gasteiger partial charge in [-0.1, -0.05) is 38.0 Å². The molecular formula is C29H42N2O4. The Morgan fingerprint density at radius 2 is 1.86 bits per heavy atom. The molecule has 0 saturated heterocycles. The summed E-state index contributed by atoms with van der Waals surface area (Å²) in [6.07, 6.45) is 9.13. The van der Waals surface area contributed by atoms with Gasteiger partial charge in [0.2, 0.25) is 0 Å². The van der Waals surface area contributed by atoms with Crippen molar-refractivity contribution in [2.75, 3.05) is 33.3 Å². The summed E-state index contributed by atoms with van der Waals surface area (Å²) in [7, 11) is 1.60. The third-order valence-electron chi connectivity index (χ3n) is 7.05. The number of rotatable bonds is 15. The SMILES string of the molecule is CCCN(CCCCCCNCCC(=O)c1ccccc1OC)[C@H]1CCc2c(ccc(O)c2O)C1. The molecular weight excluding hydrogens is 440 g/mol. The van der Waals surface area contributed by atoms with Crippen LogP contribution in [0.5, 0.6) is 17.2 Å². The van der Waals surface area contributed by atoms with Crippen LogP contribution >= 0.6 is 0 Å². The van der Waals surface area contributed by atoms with Gasteiger partial charge < -0.3 is 25.2 Å². The third kappa shape index (κ3) is 7.71. The van der Waals surface area contributed by atoms with Crippen LogP contribution in [0.2, 0.25) is 0 Å². The van der Waals surface area contributed by atoms with Crippen LogP contribution in [0.1, 0.15) is 73.4 Å². The van der Waals surface area contributed by atoms with Crippen LogP contribution < -0.4 is 10.1 Å². The Morgan fingerprint density at radius 3 is 2.66 bits per heavy atom. The van der Waals surface area contributed by atoms with E-state index in [0.29, 0.717) is 30.3 Å². The number of methoxy groups -OCH3 is 1. The fraction of sp³-hybridized carbons (Fsp3) is 0.552. The highest BCUT2D eigenvalue weighted by Gasteiger charge is 2.26.